The van der Waals surface area contributed by atoms with Crippen LogP contribution in [0.3, 0.4) is 0 Å². The van der Waals surface area contributed by atoms with Gasteiger partial charge in [0.15, 0.2) is 6.10 Å². The highest BCUT2D eigenvalue weighted by Crippen LogP contribution is 2.24. The van der Waals surface area contributed by atoms with Crippen LogP contribution in [0.1, 0.15) is 23.2 Å². The number of carbonyl (C=O) groups is 2. The van der Waals surface area contributed by atoms with E-state index >= 15 is 0 Å². The number of esters is 1. The first-order valence-electron chi connectivity index (χ1n) is 8.63. The number of halogens is 3. The van der Waals surface area contributed by atoms with Crippen LogP contribution in [-0.2, 0) is 16.1 Å². The van der Waals surface area contributed by atoms with Crippen molar-refractivity contribution < 1.29 is 36.7 Å². The molecule has 8 nitrogen and oxygen atoms in total. The molecule has 0 bridgehead atoms. The number of alkyl halides is 3. The first-order valence-corrected chi connectivity index (χ1v) is 8.63. The predicted octanol–water partition coefficient (Wildman–Crippen LogP) is 3.61. The Morgan fingerprint density at radius 2 is 1.93 bits per heavy atom. The number of furan rings is 1. The number of aromatic nitrogens is 2. The smallest absolute Gasteiger partial charge is 0.452 e. The van der Waals surface area contributed by atoms with Gasteiger partial charge in [0.05, 0.1) is 6.54 Å². The van der Waals surface area contributed by atoms with Crippen molar-refractivity contribution >= 4 is 17.6 Å². The monoisotopic (exact) mass is 423 g/mol. The molecule has 0 saturated heterocycles. The van der Waals surface area contributed by atoms with Crippen LogP contribution in [0.15, 0.2) is 59.3 Å². The van der Waals surface area contributed by atoms with Crippen molar-refractivity contribution in [3.05, 3.63) is 66.4 Å². The minimum atomic E-state index is -4.81. The Kier molecular flexibility index (Phi) is 6.09. The van der Waals surface area contributed by atoms with Gasteiger partial charge in [0.1, 0.15) is 11.5 Å². The molecule has 0 saturated carbocycles. The summed E-state index contributed by atoms with van der Waals surface area (Å²) in [4.78, 5) is 24.3. The number of rotatable bonds is 7. The van der Waals surface area contributed by atoms with E-state index in [1.165, 1.54) is 25.1 Å². The third-order valence-corrected chi connectivity index (χ3v) is 3.75. The van der Waals surface area contributed by atoms with Crippen LogP contribution in [0.25, 0.3) is 0 Å². The molecule has 0 spiro atoms. The van der Waals surface area contributed by atoms with Gasteiger partial charge in [-0.25, -0.2) is 4.79 Å². The topological polar surface area (TPSA) is 95.6 Å². The minimum Gasteiger partial charge on any atom is -0.452 e. The van der Waals surface area contributed by atoms with Crippen LogP contribution in [0.2, 0.25) is 0 Å². The lowest BCUT2D eigenvalue weighted by atomic mass is 10.3. The number of carbonyl (C=O) groups excluding carboxylic acids is 2. The number of nitrogens with one attached hydrogen (secondary N) is 1. The average Bonchev–Trinajstić information content (AvgIpc) is 3.34. The van der Waals surface area contributed by atoms with Gasteiger partial charge in [-0.05, 0) is 49.4 Å². The highest BCUT2D eigenvalue weighted by atomic mass is 19.4. The van der Waals surface area contributed by atoms with Crippen LogP contribution in [0.4, 0.5) is 18.9 Å². The van der Waals surface area contributed by atoms with Crippen LogP contribution in [-0.4, -0.2) is 34.1 Å². The Bertz CT molecular complexity index is 997. The summed E-state index contributed by atoms with van der Waals surface area (Å²) >= 11 is 0. The summed E-state index contributed by atoms with van der Waals surface area (Å²) in [6.45, 7) is 1.67. The van der Waals surface area contributed by atoms with Gasteiger partial charge in [0.2, 0.25) is 5.76 Å². The largest absolute Gasteiger partial charge is 0.573 e. The number of amides is 1. The summed E-state index contributed by atoms with van der Waals surface area (Å²) in [7, 11) is 0. The zero-order valence-corrected chi connectivity index (χ0v) is 15.6. The maximum Gasteiger partial charge on any atom is 0.573 e. The lowest BCUT2D eigenvalue weighted by Gasteiger charge is -2.13. The summed E-state index contributed by atoms with van der Waals surface area (Å²) in [6.07, 6.45) is -2.65. The van der Waals surface area contributed by atoms with E-state index in [2.05, 4.69) is 15.2 Å². The predicted molar refractivity (Wildman–Crippen MR) is 96.7 cm³/mol. The van der Waals surface area contributed by atoms with E-state index < -0.39 is 30.1 Å². The first-order chi connectivity index (χ1) is 14.2. The van der Waals surface area contributed by atoms with Crippen LogP contribution >= 0.6 is 0 Å². The molecule has 1 N–H and O–H groups in total. The molecule has 3 aromatic rings. The second kappa shape index (κ2) is 8.72. The van der Waals surface area contributed by atoms with Gasteiger partial charge in [-0.15, -0.1) is 13.2 Å². The SMILES string of the molecule is CC(OC(=O)c1ccc(Cn2cccn2)o1)C(=O)Nc1ccc(OC(F)(F)F)cc1. The van der Waals surface area contributed by atoms with Crippen molar-refractivity contribution in [2.45, 2.75) is 25.9 Å². The third kappa shape index (κ3) is 5.87. The molecule has 2 aromatic heterocycles. The van der Waals surface area contributed by atoms with E-state index in [0.717, 1.165) is 12.1 Å². The van der Waals surface area contributed by atoms with Gasteiger partial charge >= 0.3 is 12.3 Å². The molecule has 2 heterocycles. The summed E-state index contributed by atoms with van der Waals surface area (Å²) < 4.78 is 52.3. The second-order valence-electron chi connectivity index (χ2n) is 6.08. The number of benzene rings is 1. The number of nitrogens with zero attached hydrogens (tertiary/aromatic N) is 2. The first kappa shape index (κ1) is 21.0. The fourth-order valence-corrected chi connectivity index (χ4v) is 2.38. The van der Waals surface area contributed by atoms with E-state index in [9.17, 15) is 22.8 Å². The molecule has 158 valence electrons. The highest BCUT2D eigenvalue weighted by molar-refractivity contribution is 5.96. The number of hydrogen-bond donors (Lipinski definition) is 1. The van der Waals surface area contributed by atoms with Gasteiger partial charge in [-0.1, -0.05) is 0 Å². The van der Waals surface area contributed by atoms with Crippen molar-refractivity contribution in [2.75, 3.05) is 5.32 Å². The Morgan fingerprint density at radius 1 is 1.20 bits per heavy atom. The summed E-state index contributed by atoms with van der Waals surface area (Å²) in [6, 6.07) is 9.30. The fourth-order valence-electron chi connectivity index (χ4n) is 2.38. The zero-order chi connectivity index (χ0) is 21.7. The minimum absolute atomic E-state index is 0.0783. The van der Waals surface area contributed by atoms with Gasteiger partial charge in [-0.3, -0.25) is 9.48 Å². The molecule has 0 radical (unpaired) electrons. The van der Waals surface area contributed by atoms with E-state index in [1.807, 2.05) is 0 Å². The molecule has 0 aliphatic carbocycles. The summed E-state index contributed by atoms with van der Waals surface area (Å²) in [5, 5.41) is 6.45. The Balaban J connectivity index is 1.52. The standard InChI is InChI=1S/C19H16F3N3O5/c1-12(17(26)24-13-3-5-14(6-4-13)30-19(20,21)22)28-18(27)16-8-7-15(29-16)11-25-10-2-9-23-25/h2-10,12H,11H2,1H3,(H,24,26). The Labute approximate surface area is 168 Å². The normalized spacial score (nSPS) is 12.3. The highest BCUT2D eigenvalue weighted by Gasteiger charge is 2.31. The molecule has 30 heavy (non-hydrogen) atoms. The molecule has 0 fully saturated rings. The third-order valence-electron chi connectivity index (χ3n) is 3.75. The fraction of sp³-hybridized carbons (Fsp3) is 0.211. The molecular weight excluding hydrogens is 407 g/mol. The molecule has 0 aliphatic rings. The zero-order valence-electron chi connectivity index (χ0n) is 15.6. The van der Waals surface area contributed by atoms with Gasteiger partial charge in [0.25, 0.3) is 5.91 Å². The van der Waals surface area contributed by atoms with Crippen LogP contribution in [0.5, 0.6) is 5.75 Å². The van der Waals surface area contributed by atoms with E-state index in [4.69, 9.17) is 9.15 Å². The van der Waals surface area contributed by atoms with E-state index in [-0.39, 0.29) is 11.4 Å². The molecular formula is C19H16F3N3O5. The summed E-state index contributed by atoms with van der Waals surface area (Å²) in [5.41, 5.74) is 0.205. The number of anilines is 1. The van der Waals surface area contributed by atoms with Gasteiger partial charge in [0, 0.05) is 18.1 Å². The average molecular weight is 423 g/mol. The van der Waals surface area contributed by atoms with E-state index in [0.29, 0.717) is 12.3 Å². The van der Waals surface area contributed by atoms with Crippen molar-refractivity contribution in [1.82, 2.24) is 9.78 Å². The van der Waals surface area contributed by atoms with Crippen molar-refractivity contribution in [3.63, 3.8) is 0 Å². The molecule has 11 heteroatoms. The number of hydrogen-bond acceptors (Lipinski definition) is 6. The Hall–Kier alpha value is -3.76. The quantitative estimate of drug-likeness (QED) is 0.584. The van der Waals surface area contributed by atoms with Gasteiger partial charge < -0.3 is 19.2 Å². The molecule has 1 atom stereocenters. The van der Waals surface area contributed by atoms with Crippen LogP contribution in [0, 0.1) is 0 Å². The van der Waals surface area contributed by atoms with Crippen molar-refractivity contribution in [3.8, 4) is 5.75 Å². The molecule has 1 aromatic carbocycles. The summed E-state index contributed by atoms with van der Waals surface area (Å²) in [5.74, 6) is -1.53. The van der Waals surface area contributed by atoms with Crippen molar-refractivity contribution in [2.24, 2.45) is 0 Å². The lowest BCUT2D eigenvalue weighted by molar-refractivity contribution is -0.274. The Morgan fingerprint density at radius 3 is 2.57 bits per heavy atom. The molecule has 1 amide bonds. The van der Waals surface area contributed by atoms with Crippen LogP contribution < -0.4 is 10.1 Å². The maximum absolute atomic E-state index is 12.2. The van der Waals surface area contributed by atoms with Crippen molar-refractivity contribution in [1.29, 1.82) is 0 Å². The van der Waals surface area contributed by atoms with Gasteiger partial charge in [-0.2, -0.15) is 5.10 Å². The molecule has 1 unspecified atom stereocenters. The molecule has 0 aliphatic heterocycles. The lowest BCUT2D eigenvalue weighted by Crippen LogP contribution is -2.29. The molecule has 3 rings (SSSR count). The second-order valence-corrected chi connectivity index (χ2v) is 6.08. The maximum atomic E-state index is 12.2. The van der Waals surface area contributed by atoms with E-state index in [1.54, 1.807) is 29.2 Å². The number of ether oxygens (including phenoxy) is 2.